The summed E-state index contributed by atoms with van der Waals surface area (Å²) in [5, 5.41) is 10.8. The van der Waals surface area contributed by atoms with Crippen LogP contribution in [0.2, 0.25) is 0 Å². The first kappa shape index (κ1) is 15.5. The largest absolute Gasteiger partial charge is 0.514 e. The van der Waals surface area contributed by atoms with E-state index in [1.54, 1.807) is 13.8 Å². The van der Waals surface area contributed by atoms with E-state index in [0.717, 1.165) is 5.56 Å². The Hall–Kier alpha value is -2.89. The number of benzene rings is 2. The van der Waals surface area contributed by atoms with Gasteiger partial charge in [0.15, 0.2) is 0 Å². The van der Waals surface area contributed by atoms with Gasteiger partial charge in [0.25, 0.3) is 5.69 Å². The first-order chi connectivity index (χ1) is 10.5. The third-order valence-electron chi connectivity index (χ3n) is 3.08. The van der Waals surface area contributed by atoms with E-state index in [0.29, 0.717) is 11.1 Å². The maximum Gasteiger partial charge on any atom is 0.514 e. The van der Waals surface area contributed by atoms with Crippen LogP contribution in [0.25, 0.3) is 0 Å². The van der Waals surface area contributed by atoms with Crippen LogP contribution < -0.4 is 4.74 Å². The lowest BCUT2D eigenvalue weighted by molar-refractivity contribution is -0.385. The van der Waals surface area contributed by atoms with E-state index >= 15 is 0 Å². The fraction of sp³-hybridized carbons (Fsp3) is 0.188. The minimum Gasteiger partial charge on any atom is -0.429 e. The second-order valence-corrected chi connectivity index (χ2v) is 4.79. The minimum atomic E-state index is -0.847. The zero-order valence-corrected chi connectivity index (χ0v) is 12.2. The highest BCUT2D eigenvalue weighted by molar-refractivity contribution is 5.65. The Labute approximate surface area is 127 Å². The maximum absolute atomic E-state index is 11.7. The Morgan fingerprint density at radius 2 is 1.82 bits per heavy atom. The van der Waals surface area contributed by atoms with E-state index in [2.05, 4.69) is 0 Å². The molecule has 0 saturated carbocycles. The van der Waals surface area contributed by atoms with Crippen molar-refractivity contribution in [2.45, 2.75) is 20.5 Å². The fourth-order valence-corrected chi connectivity index (χ4v) is 1.92. The second kappa shape index (κ2) is 6.71. The van der Waals surface area contributed by atoms with Gasteiger partial charge in [-0.25, -0.2) is 4.79 Å². The van der Waals surface area contributed by atoms with Crippen molar-refractivity contribution >= 4 is 11.8 Å². The average molecular weight is 301 g/mol. The number of ether oxygens (including phenoxy) is 2. The summed E-state index contributed by atoms with van der Waals surface area (Å²) in [6.07, 6.45) is -0.847. The smallest absolute Gasteiger partial charge is 0.429 e. The summed E-state index contributed by atoms with van der Waals surface area (Å²) < 4.78 is 10.1. The van der Waals surface area contributed by atoms with Gasteiger partial charge in [-0.2, -0.15) is 0 Å². The van der Waals surface area contributed by atoms with Crippen LogP contribution in [0.5, 0.6) is 5.75 Å². The molecule has 0 unspecified atom stereocenters. The number of hydrogen-bond acceptors (Lipinski definition) is 5. The third-order valence-corrected chi connectivity index (χ3v) is 3.08. The lowest BCUT2D eigenvalue weighted by Gasteiger charge is -2.09. The van der Waals surface area contributed by atoms with Crippen molar-refractivity contribution in [2.75, 3.05) is 0 Å². The molecule has 2 rings (SSSR count). The SMILES string of the molecule is Cc1cc([N+](=O)[O-])c(C)cc1OC(=O)OCc1ccccc1. The molecule has 6 nitrogen and oxygen atoms in total. The van der Waals surface area contributed by atoms with E-state index in [9.17, 15) is 14.9 Å². The summed E-state index contributed by atoms with van der Waals surface area (Å²) >= 11 is 0. The van der Waals surface area contributed by atoms with Crippen molar-refractivity contribution in [3.05, 3.63) is 69.3 Å². The molecule has 0 atom stereocenters. The van der Waals surface area contributed by atoms with Crippen LogP contribution in [0.3, 0.4) is 0 Å². The van der Waals surface area contributed by atoms with Gasteiger partial charge in [-0.3, -0.25) is 10.1 Å². The standard InChI is InChI=1S/C16H15NO5/c1-11-9-15(12(2)8-14(11)17(19)20)22-16(18)21-10-13-6-4-3-5-7-13/h3-9H,10H2,1-2H3. The normalized spacial score (nSPS) is 10.1. The number of nitrogens with zero attached hydrogens (tertiary/aromatic N) is 1. The van der Waals surface area contributed by atoms with Crippen molar-refractivity contribution < 1.29 is 19.2 Å². The summed E-state index contributed by atoms with van der Waals surface area (Å²) in [6.45, 7) is 3.32. The van der Waals surface area contributed by atoms with E-state index in [-0.39, 0.29) is 18.0 Å². The predicted molar refractivity (Wildman–Crippen MR) is 79.8 cm³/mol. The van der Waals surface area contributed by atoms with Gasteiger partial charge in [0.2, 0.25) is 0 Å². The molecule has 2 aromatic rings. The molecule has 2 aromatic carbocycles. The number of carbonyl (C=O) groups is 1. The Balaban J connectivity index is 2.02. The Morgan fingerprint density at radius 3 is 2.45 bits per heavy atom. The molecule has 0 aliphatic heterocycles. The summed E-state index contributed by atoms with van der Waals surface area (Å²) in [7, 11) is 0. The monoisotopic (exact) mass is 301 g/mol. The topological polar surface area (TPSA) is 78.7 Å². The summed E-state index contributed by atoms with van der Waals surface area (Å²) in [5.41, 5.74) is 1.74. The molecule has 0 aromatic heterocycles. The first-order valence-corrected chi connectivity index (χ1v) is 6.61. The highest BCUT2D eigenvalue weighted by Crippen LogP contribution is 2.27. The van der Waals surface area contributed by atoms with Crippen molar-refractivity contribution in [3.8, 4) is 5.75 Å². The molecule has 0 amide bonds. The van der Waals surface area contributed by atoms with E-state index in [4.69, 9.17) is 9.47 Å². The summed E-state index contributed by atoms with van der Waals surface area (Å²) in [5.74, 6) is 0.251. The van der Waals surface area contributed by atoms with Gasteiger partial charge in [0.05, 0.1) is 4.92 Å². The molecule has 0 spiro atoms. The van der Waals surface area contributed by atoms with E-state index < -0.39 is 11.1 Å². The molecule has 0 fully saturated rings. The lowest BCUT2D eigenvalue weighted by Crippen LogP contribution is -2.11. The quantitative estimate of drug-likeness (QED) is 0.370. The first-order valence-electron chi connectivity index (χ1n) is 6.61. The molecule has 6 heteroatoms. The Kier molecular flexibility index (Phi) is 4.73. The van der Waals surface area contributed by atoms with Crippen LogP contribution in [0.15, 0.2) is 42.5 Å². The average Bonchev–Trinajstić information content (AvgIpc) is 2.49. The highest BCUT2D eigenvalue weighted by atomic mass is 16.7. The third kappa shape index (κ3) is 3.82. The fourth-order valence-electron chi connectivity index (χ4n) is 1.92. The predicted octanol–water partition coefficient (Wildman–Crippen LogP) is 3.93. The van der Waals surface area contributed by atoms with Crippen molar-refractivity contribution in [3.63, 3.8) is 0 Å². The minimum absolute atomic E-state index is 0.0116. The van der Waals surface area contributed by atoms with Gasteiger partial charge in [-0.1, -0.05) is 30.3 Å². The molecule has 0 aliphatic carbocycles. The highest BCUT2D eigenvalue weighted by Gasteiger charge is 2.16. The molecular formula is C16H15NO5. The van der Waals surface area contributed by atoms with Crippen LogP contribution in [0, 0.1) is 24.0 Å². The molecule has 114 valence electrons. The van der Waals surface area contributed by atoms with Crippen LogP contribution >= 0.6 is 0 Å². The van der Waals surface area contributed by atoms with Gasteiger partial charge in [-0.15, -0.1) is 0 Å². The van der Waals surface area contributed by atoms with E-state index in [1.807, 2.05) is 30.3 Å². The Bertz CT molecular complexity index is 697. The van der Waals surface area contributed by atoms with Gasteiger partial charge in [0, 0.05) is 11.6 Å². The number of hydrogen-bond donors (Lipinski definition) is 0. The van der Waals surface area contributed by atoms with Crippen LogP contribution in [-0.4, -0.2) is 11.1 Å². The number of nitro groups is 1. The molecule has 0 saturated heterocycles. The zero-order chi connectivity index (χ0) is 16.1. The van der Waals surface area contributed by atoms with Crippen LogP contribution in [0.4, 0.5) is 10.5 Å². The molecule has 0 N–H and O–H groups in total. The van der Waals surface area contributed by atoms with Crippen molar-refractivity contribution in [2.24, 2.45) is 0 Å². The molecular weight excluding hydrogens is 286 g/mol. The number of nitro benzene ring substituents is 1. The van der Waals surface area contributed by atoms with Crippen molar-refractivity contribution in [1.29, 1.82) is 0 Å². The molecule has 22 heavy (non-hydrogen) atoms. The maximum atomic E-state index is 11.7. The molecule has 0 aliphatic rings. The van der Waals surface area contributed by atoms with Crippen LogP contribution in [0.1, 0.15) is 16.7 Å². The van der Waals surface area contributed by atoms with Crippen molar-refractivity contribution in [1.82, 2.24) is 0 Å². The second-order valence-electron chi connectivity index (χ2n) is 4.79. The van der Waals surface area contributed by atoms with Gasteiger partial charge < -0.3 is 9.47 Å². The van der Waals surface area contributed by atoms with Gasteiger partial charge >= 0.3 is 6.16 Å². The van der Waals surface area contributed by atoms with Gasteiger partial charge in [-0.05, 0) is 31.0 Å². The number of rotatable bonds is 4. The molecule has 0 radical (unpaired) electrons. The molecule has 0 bridgehead atoms. The number of carbonyl (C=O) groups excluding carboxylic acids is 1. The van der Waals surface area contributed by atoms with Crippen LogP contribution in [-0.2, 0) is 11.3 Å². The summed E-state index contributed by atoms with van der Waals surface area (Å²) in [4.78, 5) is 22.1. The molecule has 0 heterocycles. The zero-order valence-electron chi connectivity index (χ0n) is 12.2. The van der Waals surface area contributed by atoms with E-state index in [1.165, 1.54) is 12.1 Å². The summed E-state index contributed by atoms with van der Waals surface area (Å²) in [6, 6.07) is 12.0. The number of aryl methyl sites for hydroxylation is 2. The lowest BCUT2D eigenvalue weighted by atomic mass is 10.1. The van der Waals surface area contributed by atoms with Gasteiger partial charge in [0.1, 0.15) is 12.4 Å². The Morgan fingerprint density at radius 1 is 1.14 bits per heavy atom.